The van der Waals surface area contributed by atoms with Gasteiger partial charge in [-0.25, -0.2) is 4.39 Å². The van der Waals surface area contributed by atoms with Crippen molar-refractivity contribution in [3.63, 3.8) is 0 Å². The number of benzene rings is 1. The number of aromatic nitrogens is 1. The van der Waals surface area contributed by atoms with E-state index in [1.165, 1.54) is 12.1 Å². The number of aliphatic hydroxyl groups excluding tert-OH is 1. The van der Waals surface area contributed by atoms with E-state index in [1.807, 2.05) is 11.9 Å². The molecule has 0 aliphatic heterocycles. The molecule has 0 fully saturated rings. The molecule has 0 aliphatic carbocycles. The van der Waals surface area contributed by atoms with Crippen molar-refractivity contribution in [3.8, 4) is 0 Å². The molecule has 18 heavy (non-hydrogen) atoms. The zero-order valence-electron chi connectivity index (χ0n) is 10.2. The van der Waals surface area contributed by atoms with Gasteiger partial charge in [0, 0.05) is 25.4 Å². The molecular weight excluding hydrogens is 231 g/mol. The van der Waals surface area contributed by atoms with Gasteiger partial charge in [0.05, 0.1) is 18.5 Å². The number of pyridine rings is 1. The Morgan fingerprint density at radius 3 is 2.61 bits per heavy atom. The van der Waals surface area contributed by atoms with E-state index in [9.17, 15) is 9.50 Å². The molecule has 94 valence electrons. The Bertz CT molecular complexity index is 513. The Hall–Kier alpha value is -1.94. The Morgan fingerprint density at radius 1 is 1.22 bits per heavy atom. The summed E-state index contributed by atoms with van der Waals surface area (Å²) in [7, 11) is 1.92. The van der Waals surface area contributed by atoms with Crippen LogP contribution in [0.25, 0.3) is 0 Å². The summed E-state index contributed by atoms with van der Waals surface area (Å²) in [6, 6.07) is 8.18. The van der Waals surface area contributed by atoms with Gasteiger partial charge in [0.15, 0.2) is 0 Å². The molecule has 1 aromatic carbocycles. The largest absolute Gasteiger partial charge is 0.392 e. The first-order valence-electron chi connectivity index (χ1n) is 5.70. The molecule has 0 saturated heterocycles. The molecule has 0 amide bonds. The van der Waals surface area contributed by atoms with Crippen molar-refractivity contribution in [2.45, 2.75) is 13.2 Å². The predicted octanol–water partition coefficient (Wildman–Crippen LogP) is 2.35. The van der Waals surface area contributed by atoms with Crippen LogP contribution in [-0.2, 0) is 13.2 Å². The number of nitrogens with zero attached hydrogens (tertiary/aromatic N) is 2. The Balaban J connectivity index is 2.16. The molecule has 0 unspecified atom stereocenters. The highest BCUT2D eigenvalue weighted by Gasteiger charge is 2.07. The maximum Gasteiger partial charge on any atom is 0.123 e. The van der Waals surface area contributed by atoms with E-state index in [1.54, 1.807) is 30.6 Å². The summed E-state index contributed by atoms with van der Waals surface area (Å²) in [5.74, 6) is -0.237. The van der Waals surface area contributed by atoms with Crippen molar-refractivity contribution in [2.24, 2.45) is 0 Å². The van der Waals surface area contributed by atoms with Crippen LogP contribution >= 0.6 is 0 Å². The first-order chi connectivity index (χ1) is 8.70. The summed E-state index contributed by atoms with van der Waals surface area (Å²) in [4.78, 5) is 6.04. The van der Waals surface area contributed by atoms with Crippen molar-refractivity contribution in [1.82, 2.24) is 4.98 Å². The first-order valence-corrected chi connectivity index (χ1v) is 5.70. The molecule has 0 spiro atoms. The summed E-state index contributed by atoms with van der Waals surface area (Å²) < 4.78 is 12.8. The summed E-state index contributed by atoms with van der Waals surface area (Å²) in [6.45, 7) is 0.616. The minimum Gasteiger partial charge on any atom is -0.392 e. The van der Waals surface area contributed by atoms with Crippen LogP contribution in [0.3, 0.4) is 0 Å². The number of rotatable bonds is 4. The van der Waals surface area contributed by atoms with Crippen molar-refractivity contribution >= 4 is 5.69 Å². The molecule has 0 atom stereocenters. The molecule has 0 bridgehead atoms. The molecule has 4 heteroatoms. The Kier molecular flexibility index (Phi) is 3.89. The number of hydrogen-bond acceptors (Lipinski definition) is 3. The molecule has 1 N–H and O–H groups in total. The molecule has 1 heterocycles. The Labute approximate surface area is 106 Å². The molecule has 3 nitrogen and oxygen atoms in total. The van der Waals surface area contributed by atoms with Gasteiger partial charge in [-0.1, -0.05) is 12.1 Å². The predicted molar refractivity (Wildman–Crippen MR) is 68.7 cm³/mol. The van der Waals surface area contributed by atoms with E-state index in [2.05, 4.69) is 4.98 Å². The standard InChI is InChI=1S/C14H15FN2O/c1-17(9-11-2-4-13(15)5-3-11)14-8-16-7-6-12(14)10-18/h2-8,18H,9-10H2,1H3. The van der Waals surface area contributed by atoms with Gasteiger partial charge in [-0.3, -0.25) is 4.98 Å². The zero-order valence-corrected chi connectivity index (χ0v) is 10.2. The lowest BCUT2D eigenvalue weighted by Gasteiger charge is -2.21. The van der Waals surface area contributed by atoms with Crippen LogP contribution in [-0.4, -0.2) is 17.1 Å². The van der Waals surface area contributed by atoms with Crippen molar-refractivity contribution in [1.29, 1.82) is 0 Å². The second-order valence-electron chi connectivity index (χ2n) is 4.15. The summed E-state index contributed by atoms with van der Waals surface area (Å²) in [5.41, 5.74) is 2.71. The topological polar surface area (TPSA) is 36.4 Å². The molecule has 2 rings (SSSR count). The second-order valence-corrected chi connectivity index (χ2v) is 4.15. The van der Waals surface area contributed by atoms with E-state index < -0.39 is 0 Å². The fourth-order valence-electron chi connectivity index (χ4n) is 1.84. The maximum atomic E-state index is 12.8. The average Bonchev–Trinajstić information content (AvgIpc) is 2.41. The Morgan fingerprint density at radius 2 is 1.94 bits per heavy atom. The average molecular weight is 246 g/mol. The van der Waals surface area contributed by atoms with E-state index in [0.717, 1.165) is 16.8 Å². The number of hydrogen-bond donors (Lipinski definition) is 1. The van der Waals surface area contributed by atoms with Crippen LogP contribution in [0.5, 0.6) is 0 Å². The van der Waals surface area contributed by atoms with Gasteiger partial charge in [-0.2, -0.15) is 0 Å². The van der Waals surface area contributed by atoms with Crippen LogP contribution in [0.15, 0.2) is 42.7 Å². The van der Waals surface area contributed by atoms with Gasteiger partial charge in [0.2, 0.25) is 0 Å². The van der Waals surface area contributed by atoms with E-state index >= 15 is 0 Å². The van der Waals surface area contributed by atoms with Gasteiger partial charge < -0.3 is 10.0 Å². The fourth-order valence-corrected chi connectivity index (χ4v) is 1.84. The van der Waals surface area contributed by atoms with Gasteiger partial charge in [0.1, 0.15) is 5.82 Å². The van der Waals surface area contributed by atoms with E-state index in [4.69, 9.17) is 0 Å². The van der Waals surface area contributed by atoms with E-state index in [-0.39, 0.29) is 12.4 Å². The van der Waals surface area contributed by atoms with Crippen molar-refractivity contribution in [2.75, 3.05) is 11.9 Å². The highest BCUT2D eigenvalue weighted by atomic mass is 19.1. The van der Waals surface area contributed by atoms with Crippen LogP contribution < -0.4 is 4.90 Å². The normalized spacial score (nSPS) is 10.4. The minimum absolute atomic E-state index is 0.0222. The SMILES string of the molecule is CN(Cc1ccc(F)cc1)c1cnccc1CO. The highest BCUT2D eigenvalue weighted by Crippen LogP contribution is 2.19. The lowest BCUT2D eigenvalue weighted by Crippen LogP contribution is -2.18. The third-order valence-corrected chi connectivity index (χ3v) is 2.80. The summed E-state index contributed by atoms with van der Waals surface area (Å²) in [5, 5.41) is 9.27. The molecule has 0 radical (unpaired) electrons. The van der Waals surface area contributed by atoms with Crippen LogP contribution in [0.4, 0.5) is 10.1 Å². The monoisotopic (exact) mass is 246 g/mol. The quantitative estimate of drug-likeness (QED) is 0.899. The van der Waals surface area contributed by atoms with Crippen molar-refractivity contribution in [3.05, 3.63) is 59.7 Å². The second kappa shape index (κ2) is 5.60. The molecule has 1 aromatic heterocycles. The fraction of sp³-hybridized carbons (Fsp3) is 0.214. The smallest absolute Gasteiger partial charge is 0.123 e. The van der Waals surface area contributed by atoms with Gasteiger partial charge in [-0.15, -0.1) is 0 Å². The third-order valence-electron chi connectivity index (χ3n) is 2.80. The number of anilines is 1. The third kappa shape index (κ3) is 2.84. The first kappa shape index (κ1) is 12.5. The maximum absolute atomic E-state index is 12.8. The van der Waals surface area contributed by atoms with Crippen LogP contribution in [0, 0.1) is 5.82 Å². The van der Waals surface area contributed by atoms with Gasteiger partial charge >= 0.3 is 0 Å². The molecular formula is C14H15FN2O. The number of aliphatic hydroxyl groups is 1. The molecule has 2 aromatic rings. The van der Waals surface area contributed by atoms with Crippen molar-refractivity contribution < 1.29 is 9.50 Å². The molecule has 0 aliphatic rings. The number of halogens is 1. The summed E-state index contributed by atoms with van der Waals surface area (Å²) >= 11 is 0. The van der Waals surface area contributed by atoms with Gasteiger partial charge in [-0.05, 0) is 23.8 Å². The van der Waals surface area contributed by atoms with Crippen LogP contribution in [0.1, 0.15) is 11.1 Å². The molecule has 0 saturated carbocycles. The van der Waals surface area contributed by atoms with E-state index in [0.29, 0.717) is 6.54 Å². The lowest BCUT2D eigenvalue weighted by molar-refractivity contribution is 0.282. The summed E-state index contributed by atoms with van der Waals surface area (Å²) in [6.07, 6.45) is 3.37. The highest BCUT2D eigenvalue weighted by molar-refractivity contribution is 5.51. The van der Waals surface area contributed by atoms with Gasteiger partial charge in [0.25, 0.3) is 0 Å². The lowest BCUT2D eigenvalue weighted by atomic mass is 10.2. The van der Waals surface area contributed by atoms with Crippen LogP contribution in [0.2, 0.25) is 0 Å². The zero-order chi connectivity index (χ0) is 13.0. The minimum atomic E-state index is -0.237.